The lowest BCUT2D eigenvalue weighted by Gasteiger charge is -2.31. The molecule has 0 aromatic heterocycles. The van der Waals surface area contributed by atoms with Gasteiger partial charge < -0.3 is 5.32 Å². The van der Waals surface area contributed by atoms with Crippen molar-refractivity contribution in [3.8, 4) is 6.07 Å². The second kappa shape index (κ2) is 6.57. The van der Waals surface area contributed by atoms with Crippen LogP contribution in [0.4, 0.5) is 0 Å². The largest absolute Gasteiger partial charge is 0.312 e. The van der Waals surface area contributed by atoms with Gasteiger partial charge in [-0.15, -0.1) is 0 Å². The maximum absolute atomic E-state index is 9.31. The third-order valence-electron chi connectivity index (χ3n) is 5.34. The monoisotopic (exact) mass is 248 g/mol. The van der Waals surface area contributed by atoms with Gasteiger partial charge in [-0.05, 0) is 37.5 Å². The van der Waals surface area contributed by atoms with E-state index < -0.39 is 0 Å². The molecule has 0 radical (unpaired) electrons. The molecule has 0 aromatic carbocycles. The molecular weight excluding hydrogens is 220 g/mol. The van der Waals surface area contributed by atoms with Crippen molar-refractivity contribution >= 4 is 0 Å². The molecule has 2 saturated carbocycles. The van der Waals surface area contributed by atoms with Crippen LogP contribution in [0.25, 0.3) is 0 Å². The van der Waals surface area contributed by atoms with Crippen molar-refractivity contribution in [3.63, 3.8) is 0 Å². The van der Waals surface area contributed by atoms with Gasteiger partial charge in [0.1, 0.15) is 0 Å². The van der Waals surface area contributed by atoms with Gasteiger partial charge in [0.15, 0.2) is 0 Å². The van der Waals surface area contributed by atoms with Crippen LogP contribution in [0.1, 0.15) is 71.1 Å². The predicted octanol–water partition coefficient (Wildman–Crippen LogP) is 4.02. The highest BCUT2D eigenvalue weighted by Gasteiger charge is 2.33. The van der Waals surface area contributed by atoms with Crippen LogP contribution in [0.2, 0.25) is 0 Å². The van der Waals surface area contributed by atoms with Crippen LogP contribution in [0.3, 0.4) is 0 Å². The van der Waals surface area contributed by atoms with Crippen molar-refractivity contribution in [1.82, 2.24) is 5.32 Å². The van der Waals surface area contributed by atoms with E-state index in [4.69, 9.17) is 0 Å². The third kappa shape index (κ3) is 3.26. The fraction of sp³-hybridized carbons (Fsp3) is 0.938. The summed E-state index contributed by atoms with van der Waals surface area (Å²) >= 11 is 0. The number of hydrogen-bond donors (Lipinski definition) is 1. The molecular formula is C16H28N2. The summed E-state index contributed by atoms with van der Waals surface area (Å²) in [6, 6.07) is 3.00. The number of hydrogen-bond acceptors (Lipinski definition) is 2. The molecule has 0 aromatic rings. The average molecular weight is 248 g/mol. The Kier molecular flexibility index (Phi) is 5.06. The fourth-order valence-corrected chi connectivity index (χ4v) is 3.83. The molecule has 0 aliphatic heterocycles. The molecule has 0 amide bonds. The quantitative estimate of drug-likeness (QED) is 0.763. The van der Waals surface area contributed by atoms with Crippen LogP contribution in [-0.4, -0.2) is 12.6 Å². The van der Waals surface area contributed by atoms with Gasteiger partial charge in [0, 0.05) is 12.6 Å². The van der Waals surface area contributed by atoms with Crippen LogP contribution in [0, 0.1) is 22.7 Å². The van der Waals surface area contributed by atoms with Crippen molar-refractivity contribution in [2.24, 2.45) is 11.3 Å². The predicted molar refractivity (Wildman–Crippen MR) is 75.2 cm³/mol. The van der Waals surface area contributed by atoms with Crippen molar-refractivity contribution in [2.45, 2.75) is 77.2 Å². The summed E-state index contributed by atoms with van der Waals surface area (Å²) in [5.41, 5.74) is 0.548. The van der Waals surface area contributed by atoms with E-state index in [1.165, 1.54) is 57.8 Å². The second-order valence-corrected chi connectivity index (χ2v) is 6.42. The maximum Gasteiger partial charge on any atom is 0.0672 e. The van der Waals surface area contributed by atoms with Crippen LogP contribution in [0.15, 0.2) is 0 Å². The summed E-state index contributed by atoms with van der Waals surface area (Å²) in [5, 5.41) is 13.1. The van der Waals surface area contributed by atoms with E-state index in [0.717, 1.165) is 13.0 Å². The van der Waals surface area contributed by atoms with Crippen molar-refractivity contribution < 1.29 is 0 Å². The Morgan fingerprint density at radius 1 is 1.11 bits per heavy atom. The maximum atomic E-state index is 9.31. The van der Waals surface area contributed by atoms with E-state index in [-0.39, 0.29) is 5.92 Å². The zero-order chi connectivity index (χ0) is 12.8. The first-order valence-corrected chi connectivity index (χ1v) is 7.93. The van der Waals surface area contributed by atoms with Crippen LogP contribution in [0.5, 0.6) is 0 Å². The number of nitrogens with zero attached hydrogens (tertiary/aromatic N) is 1. The molecule has 18 heavy (non-hydrogen) atoms. The van der Waals surface area contributed by atoms with E-state index in [9.17, 15) is 5.26 Å². The highest BCUT2D eigenvalue weighted by Crippen LogP contribution is 2.40. The Hall–Kier alpha value is -0.550. The molecule has 2 nitrogen and oxygen atoms in total. The van der Waals surface area contributed by atoms with Gasteiger partial charge in [-0.1, -0.05) is 39.0 Å². The number of nitriles is 1. The van der Waals surface area contributed by atoms with Crippen molar-refractivity contribution in [1.29, 1.82) is 5.26 Å². The molecule has 2 unspecified atom stereocenters. The SMILES string of the molecule is CCC1(CNC2CCCCCC2C#N)CCCC1. The Morgan fingerprint density at radius 2 is 1.83 bits per heavy atom. The van der Waals surface area contributed by atoms with Crippen LogP contribution >= 0.6 is 0 Å². The minimum atomic E-state index is 0.253. The van der Waals surface area contributed by atoms with E-state index >= 15 is 0 Å². The Labute approximate surface area is 112 Å². The molecule has 2 heteroatoms. The fourth-order valence-electron chi connectivity index (χ4n) is 3.83. The minimum Gasteiger partial charge on any atom is -0.312 e. The van der Waals surface area contributed by atoms with Crippen LogP contribution < -0.4 is 5.32 Å². The van der Waals surface area contributed by atoms with E-state index in [0.29, 0.717) is 11.5 Å². The summed E-state index contributed by atoms with van der Waals surface area (Å²) in [6.45, 7) is 3.48. The van der Waals surface area contributed by atoms with Gasteiger partial charge in [-0.3, -0.25) is 0 Å². The second-order valence-electron chi connectivity index (χ2n) is 6.42. The smallest absolute Gasteiger partial charge is 0.0672 e. The van der Waals surface area contributed by atoms with Gasteiger partial charge in [0.05, 0.1) is 12.0 Å². The summed E-state index contributed by atoms with van der Waals surface area (Å²) in [5.74, 6) is 0.253. The van der Waals surface area contributed by atoms with Crippen LogP contribution in [-0.2, 0) is 0 Å². The molecule has 2 rings (SSSR count). The number of nitrogens with one attached hydrogen (secondary N) is 1. The summed E-state index contributed by atoms with van der Waals surface area (Å²) in [4.78, 5) is 0. The van der Waals surface area contributed by atoms with Gasteiger partial charge in [0.2, 0.25) is 0 Å². The summed E-state index contributed by atoms with van der Waals surface area (Å²) < 4.78 is 0. The molecule has 0 spiro atoms. The van der Waals surface area contributed by atoms with E-state index in [1.807, 2.05) is 0 Å². The molecule has 2 aliphatic carbocycles. The van der Waals surface area contributed by atoms with Gasteiger partial charge >= 0.3 is 0 Å². The lowest BCUT2D eigenvalue weighted by atomic mass is 9.82. The standard InChI is InChI=1S/C16H28N2/c1-2-16(10-6-7-11-16)13-18-15-9-5-3-4-8-14(15)12-17/h14-15,18H,2-11,13H2,1H3. The first-order chi connectivity index (χ1) is 8.79. The molecule has 0 heterocycles. The molecule has 2 aliphatic rings. The molecule has 0 bridgehead atoms. The minimum absolute atomic E-state index is 0.253. The third-order valence-corrected chi connectivity index (χ3v) is 5.34. The zero-order valence-corrected chi connectivity index (χ0v) is 11.9. The Bertz CT molecular complexity index is 286. The van der Waals surface area contributed by atoms with E-state index in [1.54, 1.807) is 0 Å². The number of rotatable bonds is 4. The molecule has 1 N–H and O–H groups in total. The Balaban J connectivity index is 1.89. The summed E-state index contributed by atoms with van der Waals surface area (Å²) in [7, 11) is 0. The normalized spacial score (nSPS) is 31.8. The van der Waals surface area contributed by atoms with Gasteiger partial charge in [-0.25, -0.2) is 0 Å². The average Bonchev–Trinajstić information content (AvgIpc) is 2.76. The van der Waals surface area contributed by atoms with Crippen molar-refractivity contribution in [2.75, 3.05) is 6.54 Å². The van der Waals surface area contributed by atoms with E-state index in [2.05, 4.69) is 18.3 Å². The molecule has 2 atom stereocenters. The van der Waals surface area contributed by atoms with Gasteiger partial charge in [-0.2, -0.15) is 5.26 Å². The highest BCUT2D eigenvalue weighted by atomic mass is 14.9. The summed E-state index contributed by atoms with van der Waals surface area (Å²) in [6.07, 6.45) is 13.1. The van der Waals surface area contributed by atoms with Gasteiger partial charge in [0.25, 0.3) is 0 Å². The lowest BCUT2D eigenvalue weighted by Crippen LogP contribution is -2.41. The highest BCUT2D eigenvalue weighted by molar-refractivity contribution is 4.95. The first kappa shape index (κ1) is 13.9. The molecule has 0 saturated heterocycles. The molecule has 102 valence electrons. The first-order valence-electron chi connectivity index (χ1n) is 7.93. The topological polar surface area (TPSA) is 35.8 Å². The van der Waals surface area contributed by atoms with Crippen molar-refractivity contribution in [3.05, 3.63) is 0 Å². The Morgan fingerprint density at radius 3 is 2.50 bits per heavy atom. The molecule has 2 fully saturated rings. The lowest BCUT2D eigenvalue weighted by molar-refractivity contribution is 0.241. The zero-order valence-electron chi connectivity index (χ0n) is 11.9.